The van der Waals surface area contributed by atoms with Crippen LogP contribution in [0.2, 0.25) is 0 Å². The minimum Gasteiger partial charge on any atom is -0.481 e. The van der Waals surface area contributed by atoms with Crippen molar-refractivity contribution in [3.63, 3.8) is 0 Å². The summed E-state index contributed by atoms with van der Waals surface area (Å²) in [5.41, 5.74) is -0.125. The maximum absolute atomic E-state index is 11.8. The van der Waals surface area contributed by atoms with Gasteiger partial charge < -0.3 is 10.0 Å². The maximum Gasteiger partial charge on any atom is 0.310 e. The van der Waals surface area contributed by atoms with Crippen molar-refractivity contribution in [2.45, 2.75) is 59.3 Å². The number of carboxylic acid groups (broad SMARTS) is 1. The van der Waals surface area contributed by atoms with E-state index in [1.807, 2.05) is 0 Å². The number of carboxylic acids is 1. The second-order valence-corrected chi connectivity index (χ2v) is 7.75. The molecule has 110 valence electrons. The lowest BCUT2D eigenvalue weighted by Gasteiger charge is -2.44. The number of likely N-dealkylation sites (tertiary alicyclic amines) is 1. The van der Waals surface area contributed by atoms with Crippen LogP contribution in [0.3, 0.4) is 0 Å². The molecule has 0 amide bonds. The van der Waals surface area contributed by atoms with Gasteiger partial charge in [-0.05, 0) is 56.4 Å². The zero-order chi connectivity index (χ0) is 14.1. The molecule has 3 heteroatoms. The third-order valence-corrected chi connectivity index (χ3v) is 5.19. The van der Waals surface area contributed by atoms with Crippen LogP contribution in [0.1, 0.15) is 59.3 Å². The highest BCUT2D eigenvalue weighted by Crippen LogP contribution is 2.41. The Labute approximate surface area is 117 Å². The van der Waals surface area contributed by atoms with E-state index in [4.69, 9.17) is 0 Å². The zero-order valence-electron chi connectivity index (χ0n) is 12.7. The molecule has 3 nitrogen and oxygen atoms in total. The van der Waals surface area contributed by atoms with Crippen molar-refractivity contribution >= 4 is 5.97 Å². The normalized spacial score (nSPS) is 36.1. The third kappa shape index (κ3) is 3.50. The fourth-order valence-electron chi connectivity index (χ4n) is 3.86. The highest BCUT2D eigenvalue weighted by atomic mass is 16.4. The molecule has 1 saturated carbocycles. The molecule has 2 rings (SSSR count). The van der Waals surface area contributed by atoms with Crippen LogP contribution in [0.4, 0.5) is 0 Å². The predicted molar refractivity (Wildman–Crippen MR) is 77.2 cm³/mol. The number of nitrogens with zero attached hydrogens (tertiary/aromatic N) is 1. The number of hydrogen-bond acceptors (Lipinski definition) is 2. The second kappa shape index (κ2) is 5.43. The van der Waals surface area contributed by atoms with Gasteiger partial charge in [-0.25, -0.2) is 0 Å². The quantitative estimate of drug-likeness (QED) is 0.852. The number of hydrogen-bond donors (Lipinski definition) is 1. The van der Waals surface area contributed by atoms with Gasteiger partial charge in [0.05, 0.1) is 5.41 Å². The monoisotopic (exact) mass is 267 g/mol. The van der Waals surface area contributed by atoms with Gasteiger partial charge in [0, 0.05) is 13.1 Å². The van der Waals surface area contributed by atoms with Crippen molar-refractivity contribution in [1.29, 1.82) is 0 Å². The first kappa shape index (κ1) is 14.8. The first-order valence-corrected chi connectivity index (χ1v) is 7.79. The average Bonchev–Trinajstić information content (AvgIpc) is 2.31. The smallest absolute Gasteiger partial charge is 0.310 e. The molecule has 0 atom stereocenters. The van der Waals surface area contributed by atoms with Gasteiger partial charge in [0.25, 0.3) is 0 Å². The molecule has 0 aromatic heterocycles. The van der Waals surface area contributed by atoms with Crippen molar-refractivity contribution in [3.05, 3.63) is 0 Å². The molecule has 0 unspecified atom stereocenters. The summed E-state index contributed by atoms with van der Waals surface area (Å²) < 4.78 is 0. The summed E-state index contributed by atoms with van der Waals surface area (Å²) in [5, 5.41) is 9.71. The van der Waals surface area contributed by atoms with Crippen LogP contribution >= 0.6 is 0 Å². The SMILES string of the molecule is CC1CCC(CN2CCCC(C)(C)C2)(C(=O)O)CC1. The van der Waals surface area contributed by atoms with E-state index >= 15 is 0 Å². The molecule has 0 spiro atoms. The van der Waals surface area contributed by atoms with Crippen LogP contribution in [-0.2, 0) is 4.79 Å². The van der Waals surface area contributed by atoms with E-state index < -0.39 is 11.4 Å². The van der Waals surface area contributed by atoms with Gasteiger partial charge in [0.1, 0.15) is 0 Å². The molecule has 0 aromatic carbocycles. The first-order chi connectivity index (χ1) is 8.83. The topological polar surface area (TPSA) is 40.5 Å². The summed E-state index contributed by atoms with van der Waals surface area (Å²) in [5.74, 6) is 0.132. The van der Waals surface area contributed by atoms with E-state index in [0.717, 1.165) is 45.3 Å². The first-order valence-electron chi connectivity index (χ1n) is 7.79. The van der Waals surface area contributed by atoms with Crippen LogP contribution < -0.4 is 0 Å². The highest BCUT2D eigenvalue weighted by Gasteiger charge is 2.43. The standard InChI is InChI=1S/C16H29NO2/c1-13-5-8-16(9-6-13,14(18)19)12-17-10-4-7-15(2,3)11-17/h13H,4-12H2,1-3H3,(H,18,19). The van der Waals surface area contributed by atoms with Crippen LogP contribution in [0.25, 0.3) is 0 Å². The molecule has 1 aliphatic carbocycles. The second-order valence-electron chi connectivity index (χ2n) is 7.75. The van der Waals surface area contributed by atoms with Crippen molar-refractivity contribution in [2.24, 2.45) is 16.7 Å². The minimum atomic E-state index is -0.567. The maximum atomic E-state index is 11.8. The van der Waals surface area contributed by atoms with Gasteiger partial charge in [-0.15, -0.1) is 0 Å². The van der Waals surface area contributed by atoms with E-state index in [2.05, 4.69) is 25.7 Å². The van der Waals surface area contributed by atoms with Crippen LogP contribution in [-0.4, -0.2) is 35.6 Å². The molecule has 19 heavy (non-hydrogen) atoms. The van der Waals surface area contributed by atoms with Gasteiger partial charge in [0.15, 0.2) is 0 Å². The Balaban J connectivity index is 2.03. The summed E-state index contributed by atoms with van der Waals surface area (Å²) in [6.45, 7) is 9.74. The zero-order valence-corrected chi connectivity index (χ0v) is 12.7. The summed E-state index contributed by atoms with van der Waals surface area (Å²) in [6, 6.07) is 0. The lowest BCUT2D eigenvalue weighted by Crippen LogP contribution is -2.49. The molecular formula is C16H29NO2. The Bertz CT molecular complexity index is 330. The molecule has 1 heterocycles. The van der Waals surface area contributed by atoms with E-state index in [0.29, 0.717) is 11.3 Å². The van der Waals surface area contributed by atoms with Crippen LogP contribution in [0, 0.1) is 16.7 Å². The molecule has 0 aromatic rings. The lowest BCUT2D eigenvalue weighted by atomic mass is 9.70. The molecule has 2 aliphatic rings. The van der Waals surface area contributed by atoms with Gasteiger partial charge in [-0.2, -0.15) is 0 Å². The Morgan fingerprint density at radius 2 is 1.89 bits per heavy atom. The van der Waals surface area contributed by atoms with Crippen molar-refractivity contribution in [2.75, 3.05) is 19.6 Å². The fourth-order valence-corrected chi connectivity index (χ4v) is 3.86. The lowest BCUT2D eigenvalue weighted by molar-refractivity contribution is -0.153. The minimum absolute atomic E-state index is 0.347. The number of rotatable bonds is 3. The summed E-state index contributed by atoms with van der Waals surface area (Å²) in [4.78, 5) is 14.2. The summed E-state index contributed by atoms with van der Waals surface area (Å²) >= 11 is 0. The Kier molecular flexibility index (Phi) is 4.24. The Morgan fingerprint density at radius 1 is 1.26 bits per heavy atom. The Hall–Kier alpha value is -0.570. The molecule has 1 N–H and O–H groups in total. The van der Waals surface area contributed by atoms with Crippen molar-refractivity contribution in [1.82, 2.24) is 4.90 Å². The van der Waals surface area contributed by atoms with Crippen molar-refractivity contribution < 1.29 is 9.90 Å². The highest BCUT2D eigenvalue weighted by molar-refractivity contribution is 5.75. The van der Waals surface area contributed by atoms with Gasteiger partial charge in [0.2, 0.25) is 0 Å². The van der Waals surface area contributed by atoms with E-state index in [1.54, 1.807) is 0 Å². The fraction of sp³-hybridized carbons (Fsp3) is 0.938. The predicted octanol–water partition coefficient (Wildman–Crippen LogP) is 3.39. The number of aliphatic carboxylic acids is 1. The summed E-state index contributed by atoms with van der Waals surface area (Å²) in [6.07, 6.45) is 6.34. The molecule has 0 bridgehead atoms. The third-order valence-electron chi connectivity index (χ3n) is 5.19. The average molecular weight is 267 g/mol. The molecule has 1 saturated heterocycles. The molecule has 2 fully saturated rings. The van der Waals surface area contributed by atoms with Gasteiger partial charge in [-0.3, -0.25) is 4.79 Å². The van der Waals surface area contributed by atoms with Gasteiger partial charge in [-0.1, -0.05) is 20.8 Å². The number of carbonyl (C=O) groups is 1. The van der Waals surface area contributed by atoms with E-state index in [-0.39, 0.29) is 0 Å². The summed E-state index contributed by atoms with van der Waals surface area (Å²) in [7, 11) is 0. The number of piperidine rings is 1. The van der Waals surface area contributed by atoms with Crippen molar-refractivity contribution in [3.8, 4) is 0 Å². The largest absolute Gasteiger partial charge is 0.481 e. The van der Waals surface area contributed by atoms with Gasteiger partial charge >= 0.3 is 5.97 Å². The van der Waals surface area contributed by atoms with E-state index in [9.17, 15) is 9.90 Å². The molecule has 1 aliphatic heterocycles. The Morgan fingerprint density at radius 3 is 2.42 bits per heavy atom. The molecule has 0 radical (unpaired) electrons. The molecular weight excluding hydrogens is 238 g/mol. The van der Waals surface area contributed by atoms with E-state index in [1.165, 1.54) is 12.8 Å². The van der Waals surface area contributed by atoms with Crippen LogP contribution in [0.5, 0.6) is 0 Å². The van der Waals surface area contributed by atoms with Crippen LogP contribution in [0.15, 0.2) is 0 Å².